The van der Waals surface area contributed by atoms with Crippen LogP contribution in [-0.2, 0) is 14.8 Å². The van der Waals surface area contributed by atoms with E-state index < -0.39 is 38.5 Å². The maximum Gasteiger partial charge on any atom is 0.271 e. The molecule has 1 amide bonds. The topological polar surface area (TPSA) is 110 Å². The lowest BCUT2D eigenvalue weighted by Gasteiger charge is -2.28. The zero-order valence-corrected chi connectivity index (χ0v) is 16.1. The van der Waals surface area contributed by atoms with Gasteiger partial charge < -0.3 is 5.32 Å². The van der Waals surface area contributed by atoms with Gasteiger partial charge in [-0.3, -0.25) is 19.2 Å². The van der Waals surface area contributed by atoms with E-state index in [0.717, 1.165) is 30.5 Å². The number of hydrogen-bond acceptors (Lipinski definition) is 5. The van der Waals surface area contributed by atoms with Gasteiger partial charge in [0, 0.05) is 18.2 Å². The van der Waals surface area contributed by atoms with Crippen LogP contribution in [0.15, 0.2) is 36.4 Å². The Morgan fingerprint density at radius 1 is 1.21 bits per heavy atom. The van der Waals surface area contributed by atoms with Crippen molar-refractivity contribution in [3.63, 3.8) is 0 Å². The molecule has 0 spiro atoms. The Bertz CT molecular complexity index is 1050. The van der Waals surface area contributed by atoms with E-state index in [1.165, 1.54) is 13.0 Å². The predicted octanol–water partition coefficient (Wildman–Crippen LogP) is 3.32. The van der Waals surface area contributed by atoms with Gasteiger partial charge in [0.15, 0.2) is 11.6 Å². The van der Waals surface area contributed by atoms with E-state index in [0.29, 0.717) is 10.4 Å². The summed E-state index contributed by atoms with van der Waals surface area (Å²) in [6, 6.07) is 4.30. The smallest absolute Gasteiger partial charge is 0.271 e. The van der Waals surface area contributed by atoms with Gasteiger partial charge in [-0.15, -0.1) is 0 Å². The second-order valence-electron chi connectivity index (χ2n) is 5.74. The number of carbonyl (C=O) groups is 1. The maximum atomic E-state index is 13.5. The van der Waals surface area contributed by atoms with Crippen LogP contribution in [0.1, 0.15) is 6.92 Å². The minimum atomic E-state index is -4.07. The van der Waals surface area contributed by atoms with Crippen molar-refractivity contribution in [2.75, 3.05) is 15.9 Å². The van der Waals surface area contributed by atoms with Crippen molar-refractivity contribution in [1.82, 2.24) is 0 Å². The average Bonchev–Trinajstić information content (AvgIpc) is 2.58. The molecule has 150 valence electrons. The number of halogens is 3. The van der Waals surface area contributed by atoms with Crippen LogP contribution in [0.4, 0.5) is 25.8 Å². The van der Waals surface area contributed by atoms with Crippen molar-refractivity contribution < 1.29 is 26.9 Å². The van der Waals surface area contributed by atoms with Gasteiger partial charge in [-0.05, 0) is 25.1 Å². The lowest BCUT2D eigenvalue weighted by atomic mass is 10.2. The van der Waals surface area contributed by atoms with E-state index in [1.807, 2.05) is 0 Å². The molecule has 2 aromatic carbocycles. The molecule has 1 N–H and O–H groups in total. The quantitative estimate of drug-likeness (QED) is 0.555. The van der Waals surface area contributed by atoms with Crippen molar-refractivity contribution in [2.24, 2.45) is 0 Å². The zero-order valence-electron chi connectivity index (χ0n) is 14.5. The largest absolute Gasteiger partial charge is 0.323 e. The second-order valence-corrected chi connectivity index (χ2v) is 8.01. The molecule has 8 nitrogen and oxygen atoms in total. The first-order valence-corrected chi connectivity index (χ1v) is 9.83. The first kappa shape index (κ1) is 21.5. The van der Waals surface area contributed by atoms with Gasteiger partial charge in [0.2, 0.25) is 15.9 Å². The van der Waals surface area contributed by atoms with Gasteiger partial charge in [-0.1, -0.05) is 11.6 Å². The minimum Gasteiger partial charge on any atom is -0.323 e. The number of nitrogens with one attached hydrogen (secondary N) is 1. The molecule has 0 aliphatic heterocycles. The zero-order chi connectivity index (χ0) is 21.2. The summed E-state index contributed by atoms with van der Waals surface area (Å²) in [5.41, 5.74) is -0.714. The second kappa shape index (κ2) is 8.07. The minimum absolute atomic E-state index is 0.00937. The molecular formula is C16H14ClF2N3O5S. The third-order valence-corrected chi connectivity index (χ3v) is 5.24. The molecule has 1 atom stereocenters. The number of non-ortho nitro benzene ring substituents is 1. The Labute approximate surface area is 163 Å². The number of rotatable bonds is 6. The van der Waals surface area contributed by atoms with Crippen molar-refractivity contribution in [1.29, 1.82) is 0 Å². The Morgan fingerprint density at radius 2 is 1.86 bits per heavy atom. The molecule has 0 saturated carbocycles. The number of amides is 1. The Kier molecular flexibility index (Phi) is 6.20. The SMILES string of the molecule is C[C@@H](C(=O)Nc1cc([N+](=O)[O-])ccc1Cl)N(c1ccc(F)c(F)c1)S(C)(=O)=O. The number of hydrogen-bond donors (Lipinski definition) is 1. The number of anilines is 2. The van der Waals surface area contributed by atoms with Crippen LogP contribution in [0.3, 0.4) is 0 Å². The summed E-state index contributed by atoms with van der Waals surface area (Å²) in [6.45, 7) is 1.21. The monoisotopic (exact) mass is 433 g/mol. The molecule has 12 heteroatoms. The highest BCUT2D eigenvalue weighted by atomic mass is 35.5. The third-order valence-electron chi connectivity index (χ3n) is 3.66. The molecule has 0 unspecified atom stereocenters. The highest BCUT2D eigenvalue weighted by molar-refractivity contribution is 7.92. The van der Waals surface area contributed by atoms with Crippen LogP contribution in [0.5, 0.6) is 0 Å². The molecule has 0 aromatic heterocycles. The first-order chi connectivity index (χ1) is 12.9. The van der Waals surface area contributed by atoms with Gasteiger partial charge in [-0.25, -0.2) is 17.2 Å². The van der Waals surface area contributed by atoms with Gasteiger partial charge in [0.1, 0.15) is 6.04 Å². The van der Waals surface area contributed by atoms with E-state index in [1.54, 1.807) is 0 Å². The van der Waals surface area contributed by atoms with Crippen LogP contribution in [0, 0.1) is 21.7 Å². The molecule has 28 heavy (non-hydrogen) atoms. The Balaban J connectivity index is 2.38. The van der Waals surface area contributed by atoms with Gasteiger partial charge >= 0.3 is 0 Å². The summed E-state index contributed by atoms with van der Waals surface area (Å²) >= 11 is 5.91. The van der Waals surface area contributed by atoms with Crippen molar-refractivity contribution >= 4 is 44.6 Å². The van der Waals surface area contributed by atoms with Crippen LogP contribution >= 0.6 is 11.6 Å². The molecule has 2 rings (SSSR count). The Morgan fingerprint density at radius 3 is 2.39 bits per heavy atom. The van der Waals surface area contributed by atoms with E-state index in [-0.39, 0.29) is 22.1 Å². The summed E-state index contributed by atoms with van der Waals surface area (Å²) in [6.07, 6.45) is 0.790. The number of carbonyl (C=O) groups excluding carboxylic acids is 1. The molecule has 0 aliphatic carbocycles. The van der Waals surface area contributed by atoms with Crippen LogP contribution in [-0.4, -0.2) is 31.5 Å². The number of benzene rings is 2. The average molecular weight is 434 g/mol. The molecule has 0 radical (unpaired) electrons. The molecule has 0 fully saturated rings. The molecule has 0 heterocycles. The summed E-state index contributed by atoms with van der Waals surface area (Å²) < 4.78 is 51.6. The molecule has 2 aromatic rings. The van der Waals surface area contributed by atoms with Gasteiger partial charge in [0.05, 0.1) is 27.6 Å². The summed E-state index contributed by atoms with van der Waals surface area (Å²) in [5.74, 6) is -3.37. The van der Waals surface area contributed by atoms with Crippen molar-refractivity contribution in [2.45, 2.75) is 13.0 Å². The summed E-state index contributed by atoms with van der Waals surface area (Å²) in [7, 11) is -4.07. The highest BCUT2D eigenvalue weighted by Crippen LogP contribution is 2.28. The first-order valence-electron chi connectivity index (χ1n) is 7.61. The van der Waals surface area contributed by atoms with E-state index in [2.05, 4.69) is 5.32 Å². The molecule has 0 bridgehead atoms. The fraction of sp³-hybridized carbons (Fsp3) is 0.188. The van der Waals surface area contributed by atoms with Crippen LogP contribution in [0.25, 0.3) is 0 Å². The molecule has 0 saturated heterocycles. The molecule has 0 aliphatic rings. The lowest BCUT2D eigenvalue weighted by molar-refractivity contribution is -0.384. The molecular weight excluding hydrogens is 420 g/mol. The Hall–Kier alpha value is -2.79. The fourth-order valence-electron chi connectivity index (χ4n) is 2.39. The number of nitro groups is 1. The summed E-state index contributed by atoms with van der Waals surface area (Å²) in [4.78, 5) is 22.7. The predicted molar refractivity (Wildman–Crippen MR) is 99.9 cm³/mol. The number of sulfonamides is 1. The third kappa shape index (κ3) is 4.73. The van der Waals surface area contributed by atoms with Crippen LogP contribution < -0.4 is 9.62 Å². The number of nitro benzene ring substituents is 1. The number of nitrogens with zero attached hydrogens (tertiary/aromatic N) is 2. The lowest BCUT2D eigenvalue weighted by Crippen LogP contribution is -2.45. The maximum absolute atomic E-state index is 13.5. The normalized spacial score (nSPS) is 12.3. The van der Waals surface area contributed by atoms with E-state index in [9.17, 15) is 32.1 Å². The van der Waals surface area contributed by atoms with E-state index >= 15 is 0 Å². The standard InChI is InChI=1S/C16H14ClF2N3O5S/c1-9(16(23)20-15-8-11(22(24)25)3-5-12(15)17)21(28(2,26)27)10-4-6-13(18)14(19)7-10/h3-9H,1-2H3,(H,20,23)/t9-/m0/s1. The van der Waals surface area contributed by atoms with E-state index in [4.69, 9.17) is 11.6 Å². The van der Waals surface area contributed by atoms with Crippen molar-refractivity contribution in [3.8, 4) is 0 Å². The van der Waals surface area contributed by atoms with Gasteiger partial charge in [0.25, 0.3) is 5.69 Å². The van der Waals surface area contributed by atoms with Gasteiger partial charge in [-0.2, -0.15) is 0 Å². The fourth-order valence-corrected chi connectivity index (χ4v) is 3.72. The summed E-state index contributed by atoms with van der Waals surface area (Å²) in [5, 5.41) is 13.2. The van der Waals surface area contributed by atoms with Crippen LogP contribution in [0.2, 0.25) is 5.02 Å². The highest BCUT2D eigenvalue weighted by Gasteiger charge is 2.30. The van der Waals surface area contributed by atoms with Crippen molar-refractivity contribution in [3.05, 3.63) is 63.2 Å².